The van der Waals surface area contributed by atoms with Gasteiger partial charge in [0.1, 0.15) is 0 Å². The lowest BCUT2D eigenvalue weighted by atomic mass is 9.93. The maximum Gasteiger partial charge on any atom is 0.328 e. The van der Waals surface area contributed by atoms with E-state index < -0.39 is 22.1 Å². The molecule has 42 heavy (non-hydrogen) atoms. The summed E-state index contributed by atoms with van der Waals surface area (Å²) in [5.41, 5.74) is 3.86. The SMILES string of the molecule is CN(C[C@@H](O)CNC(C)(C)Cc1ccc2ccccc2c1)S(=O)(=O)Cc1ccccc1-c1ccc(/C=C/C(=O)O)cc1. The van der Waals surface area contributed by atoms with E-state index in [-0.39, 0.29) is 24.4 Å². The van der Waals surface area contributed by atoms with Gasteiger partial charge in [0.05, 0.1) is 11.9 Å². The average Bonchev–Trinajstić information content (AvgIpc) is 2.95. The maximum absolute atomic E-state index is 13.3. The van der Waals surface area contributed by atoms with Crippen LogP contribution in [0.2, 0.25) is 0 Å². The molecule has 4 aromatic rings. The molecule has 0 fully saturated rings. The summed E-state index contributed by atoms with van der Waals surface area (Å²) in [5.74, 6) is -1.24. The molecule has 8 heteroatoms. The molecule has 0 saturated carbocycles. The average molecular weight is 587 g/mol. The summed E-state index contributed by atoms with van der Waals surface area (Å²) < 4.78 is 27.8. The van der Waals surface area contributed by atoms with Crippen LogP contribution in [0.1, 0.15) is 30.5 Å². The van der Waals surface area contributed by atoms with Crippen molar-refractivity contribution in [3.8, 4) is 11.1 Å². The number of carboxylic acid groups (broad SMARTS) is 1. The molecular weight excluding hydrogens is 548 g/mol. The van der Waals surface area contributed by atoms with Gasteiger partial charge >= 0.3 is 5.97 Å². The Bertz CT molecular complexity index is 1660. The maximum atomic E-state index is 13.3. The first-order chi connectivity index (χ1) is 19.9. The van der Waals surface area contributed by atoms with E-state index in [4.69, 9.17) is 5.11 Å². The third-order valence-electron chi connectivity index (χ3n) is 7.21. The predicted molar refractivity (Wildman–Crippen MR) is 170 cm³/mol. The van der Waals surface area contributed by atoms with Gasteiger partial charge in [-0.25, -0.2) is 17.5 Å². The fraction of sp³-hybridized carbons (Fsp3) is 0.265. The van der Waals surface area contributed by atoms with Crippen LogP contribution < -0.4 is 5.32 Å². The zero-order valence-electron chi connectivity index (χ0n) is 24.2. The standard InChI is InChI=1S/C34H38N2O5S/c1-34(2,21-26-14-16-27-8-4-5-9-29(27)20-26)35-22-31(37)23-36(3)42(40,41)24-30-10-6-7-11-32(30)28-17-12-25(13-18-28)15-19-33(38)39/h4-20,31,35,37H,21-24H2,1-3H3,(H,38,39)/b19-15+/t31-/m0/s1. The van der Waals surface area contributed by atoms with E-state index in [0.717, 1.165) is 29.2 Å². The Morgan fingerprint density at radius 2 is 1.62 bits per heavy atom. The number of carboxylic acids is 1. The van der Waals surface area contributed by atoms with Crippen molar-refractivity contribution in [2.75, 3.05) is 20.1 Å². The molecule has 0 amide bonds. The lowest BCUT2D eigenvalue weighted by Gasteiger charge is -2.29. The van der Waals surface area contributed by atoms with E-state index >= 15 is 0 Å². The topological polar surface area (TPSA) is 107 Å². The summed E-state index contributed by atoms with van der Waals surface area (Å²) >= 11 is 0. The van der Waals surface area contributed by atoms with Crippen LogP contribution in [0.3, 0.4) is 0 Å². The van der Waals surface area contributed by atoms with Crippen LogP contribution >= 0.6 is 0 Å². The third-order valence-corrected chi connectivity index (χ3v) is 8.99. The van der Waals surface area contributed by atoms with Crippen molar-refractivity contribution in [1.82, 2.24) is 9.62 Å². The van der Waals surface area contributed by atoms with Crippen molar-refractivity contribution in [3.05, 3.63) is 114 Å². The Labute approximate surface area is 248 Å². The second-order valence-electron chi connectivity index (χ2n) is 11.3. The Kier molecular flexibility index (Phi) is 9.96. The number of rotatable bonds is 13. The van der Waals surface area contributed by atoms with E-state index in [1.165, 1.54) is 33.8 Å². The number of nitrogens with one attached hydrogen (secondary N) is 1. The number of aliphatic hydroxyl groups is 1. The molecule has 0 aliphatic heterocycles. The summed E-state index contributed by atoms with van der Waals surface area (Å²) in [6.45, 7) is 4.36. The van der Waals surface area contributed by atoms with Gasteiger partial charge in [-0.3, -0.25) is 0 Å². The summed E-state index contributed by atoms with van der Waals surface area (Å²) in [7, 11) is -2.23. The van der Waals surface area contributed by atoms with Crippen molar-refractivity contribution < 1.29 is 23.4 Å². The Morgan fingerprint density at radius 1 is 0.952 bits per heavy atom. The number of aliphatic carboxylic acids is 1. The first-order valence-corrected chi connectivity index (χ1v) is 15.5. The van der Waals surface area contributed by atoms with Crippen molar-refractivity contribution in [2.45, 2.75) is 37.7 Å². The monoisotopic (exact) mass is 586 g/mol. The van der Waals surface area contributed by atoms with E-state index in [2.05, 4.69) is 49.5 Å². The number of hydrogen-bond donors (Lipinski definition) is 3. The summed E-state index contributed by atoms with van der Waals surface area (Å²) in [4.78, 5) is 10.8. The number of nitrogens with zero attached hydrogens (tertiary/aromatic N) is 1. The number of sulfonamides is 1. The van der Waals surface area contributed by atoms with Gasteiger partial charge in [0.15, 0.2) is 0 Å². The molecule has 0 aliphatic carbocycles. The van der Waals surface area contributed by atoms with E-state index in [0.29, 0.717) is 5.56 Å². The van der Waals surface area contributed by atoms with Crippen LogP contribution in [0, 0.1) is 0 Å². The highest BCUT2D eigenvalue weighted by Crippen LogP contribution is 2.27. The van der Waals surface area contributed by atoms with Crippen LogP contribution in [0.25, 0.3) is 28.0 Å². The summed E-state index contributed by atoms with van der Waals surface area (Å²) in [6, 6.07) is 29.2. The molecule has 1 atom stereocenters. The minimum atomic E-state index is -3.72. The van der Waals surface area contributed by atoms with Gasteiger partial charge < -0.3 is 15.5 Å². The lowest BCUT2D eigenvalue weighted by molar-refractivity contribution is -0.131. The van der Waals surface area contributed by atoms with Gasteiger partial charge in [-0.2, -0.15) is 0 Å². The molecule has 0 bridgehead atoms. The highest BCUT2D eigenvalue weighted by atomic mass is 32.2. The van der Waals surface area contributed by atoms with Crippen LogP contribution in [0.4, 0.5) is 0 Å². The molecule has 4 aromatic carbocycles. The summed E-state index contributed by atoms with van der Waals surface area (Å²) in [6.07, 6.45) is 2.44. The molecule has 3 N–H and O–H groups in total. The number of aliphatic hydroxyl groups excluding tert-OH is 1. The van der Waals surface area contributed by atoms with Gasteiger partial charge in [-0.15, -0.1) is 0 Å². The highest BCUT2D eigenvalue weighted by Gasteiger charge is 2.25. The molecule has 0 aliphatic rings. The van der Waals surface area contributed by atoms with E-state index in [1.54, 1.807) is 24.3 Å². The molecule has 0 saturated heterocycles. The molecule has 0 aromatic heterocycles. The first kappa shape index (κ1) is 31.1. The van der Waals surface area contributed by atoms with Crippen LogP contribution in [-0.4, -0.2) is 60.7 Å². The molecule has 220 valence electrons. The number of fused-ring (bicyclic) bond motifs is 1. The quantitative estimate of drug-likeness (QED) is 0.183. The molecule has 4 rings (SSSR count). The fourth-order valence-electron chi connectivity index (χ4n) is 4.97. The Hall–Kier alpha value is -3.82. The zero-order chi connectivity index (χ0) is 30.3. The summed E-state index contributed by atoms with van der Waals surface area (Å²) in [5, 5.41) is 25.4. The minimum absolute atomic E-state index is 0.0336. The van der Waals surface area contributed by atoms with Gasteiger partial charge in [0.2, 0.25) is 10.0 Å². The molecule has 0 radical (unpaired) electrons. The number of benzene rings is 4. The smallest absolute Gasteiger partial charge is 0.328 e. The van der Waals surface area contributed by atoms with Gasteiger partial charge in [0, 0.05) is 31.8 Å². The predicted octanol–water partition coefficient (Wildman–Crippen LogP) is 5.34. The Morgan fingerprint density at radius 3 is 2.33 bits per heavy atom. The second-order valence-corrected chi connectivity index (χ2v) is 13.3. The van der Waals surface area contributed by atoms with Crippen LogP contribution in [0.15, 0.2) is 97.1 Å². The van der Waals surface area contributed by atoms with Crippen molar-refractivity contribution in [1.29, 1.82) is 0 Å². The lowest BCUT2D eigenvalue weighted by Crippen LogP contribution is -2.47. The van der Waals surface area contributed by atoms with Gasteiger partial charge in [0.25, 0.3) is 0 Å². The number of likely N-dealkylation sites (N-methyl/N-ethyl adjacent to an activating group) is 1. The van der Waals surface area contributed by atoms with E-state index in [1.807, 2.05) is 36.4 Å². The van der Waals surface area contributed by atoms with Crippen molar-refractivity contribution >= 4 is 32.8 Å². The van der Waals surface area contributed by atoms with Gasteiger partial charge in [-0.05, 0) is 64.9 Å². The fourth-order valence-corrected chi connectivity index (χ4v) is 6.23. The zero-order valence-corrected chi connectivity index (χ0v) is 25.0. The second kappa shape index (κ2) is 13.4. The van der Waals surface area contributed by atoms with Gasteiger partial charge in [-0.1, -0.05) is 91.0 Å². The highest BCUT2D eigenvalue weighted by molar-refractivity contribution is 7.88. The number of carbonyl (C=O) groups is 1. The third kappa shape index (κ3) is 8.59. The Balaban J connectivity index is 1.35. The van der Waals surface area contributed by atoms with E-state index in [9.17, 15) is 18.3 Å². The minimum Gasteiger partial charge on any atom is -0.478 e. The normalized spacial score (nSPS) is 13.2. The number of β-amino-alcohol motifs (C(OH)–C–C–N with tert-alkyl or cyclic N) is 1. The molecular formula is C34H38N2O5S. The first-order valence-electron chi connectivity index (χ1n) is 13.9. The molecule has 0 spiro atoms. The largest absolute Gasteiger partial charge is 0.478 e. The van der Waals surface area contributed by atoms with Crippen molar-refractivity contribution in [2.24, 2.45) is 0 Å². The van der Waals surface area contributed by atoms with Crippen molar-refractivity contribution in [3.63, 3.8) is 0 Å². The molecule has 0 unspecified atom stereocenters. The van der Waals surface area contributed by atoms with Crippen LogP contribution in [-0.2, 0) is 27.0 Å². The van der Waals surface area contributed by atoms with Crippen LogP contribution in [0.5, 0.6) is 0 Å². The molecule has 0 heterocycles. The molecule has 7 nitrogen and oxygen atoms in total. The number of hydrogen-bond acceptors (Lipinski definition) is 5.